The van der Waals surface area contributed by atoms with Crippen molar-refractivity contribution in [2.45, 2.75) is 4.90 Å². The molecule has 170 valence electrons. The lowest BCUT2D eigenvalue weighted by Crippen LogP contribution is -2.43. The van der Waals surface area contributed by atoms with E-state index in [0.717, 1.165) is 43.8 Å². The molecule has 4 heterocycles. The van der Waals surface area contributed by atoms with Crippen LogP contribution in [0.4, 0.5) is 11.5 Å². The van der Waals surface area contributed by atoms with Crippen molar-refractivity contribution in [1.29, 1.82) is 0 Å². The number of nitrogens with one attached hydrogen (secondary N) is 1. The second-order valence-corrected chi connectivity index (χ2v) is 9.25. The average Bonchev–Trinajstić information content (AvgIpc) is 3.25. The van der Waals surface area contributed by atoms with E-state index in [1.807, 2.05) is 30.1 Å². The third-order valence-electron chi connectivity index (χ3n) is 5.54. The highest BCUT2D eigenvalue weighted by molar-refractivity contribution is 7.90. The molecule has 0 unspecified atom stereocenters. The molecule has 0 bridgehead atoms. The number of aromatic nitrogens is 2. The van der Waals surface area contributed by atoms with Crippen LogP contribution in [-0.2, 0) is 14.8 Å². The number of rotatable bonds is 3. The predicted octanol–water partition coefficient (Wildman–Crippen LogP) is 1.21. The van der Waals surface area contributed by atoms with Gasteiger partial charge in [-0.05, 0) is 18.2 Å². The van der Waals surface area contributed by atoms with Gasteiger partial charge in [-0.1, -0.05) is 6.07 Å². The number of anilines is 2. The smallest absolute Gasteiger partial charge is 0.290 e. The highest BCUT2D eigenvalue weighted by Crippen LogP contribution is 2.33. The van der Waals surface area contributed by atoms with Gasteiger partial charge in [-0.3, -0.25) is 4.79 Å². The molecule has 1 fully saturated rings. The van der Waals surface area contributed by atoms with Crippen molar-refractivity contribution in [3.63, 3.8) is 0 Å². The van der Waals surface area contributed by atoms with Crippen molar-refractivity contribution >= 4 is 38.9 Å². The van der Waals surface area contributed by atoms with Crippen LogP contribution in [0.25, 0.3) is 10.9 Å². The first-order chi connectivity index (χ1) is 15.5. The molecule has 10 nitrogen and oxygen atoms in total. The third-order valence-corrected chi connectivity index (χ3v) is 7.20. The molecule has 0 aliphatic carbocycles. The van der Waals surface area contributed by atoms with Crippen LogP contribution >= 0.6 is 0 Å². The minimum atomic E-state index is -3.80. The lowest BCUT2D eigenvalue weighted by atomic mass is 10.2. The molecule has 0 spiro atoms. The lowest BCUT2D eigenvalue weighted by molar-refractivity contribution is -0.122. The fourth-order valence-corrected chi connectivity index (χ4v) is 5.29. The topological polar surface area (TPSA) is 117 Å². The van der Waals surface area contributed by atoms with Crippen molar-refractivity contribution in [3.8, 4) is 5.75 Å². The molecule has 11 heteroatoms. The molecule has 2 N–H and O–H groups in total. The molecule has 0 radical (unpaired) electrons. The van der Waals surface area contributed by atoms with E-state index in [1.54, 1.807) is 12.3 Å². The van der Waals surface area contributed by atoms with Gasteiger partial charge in [0.15, 0.2) is 11.6 Å². The quantitative estimate of drug-likeness (QED) is 0.558. The number of benzene rings is 1. The molecule has 2 aliphatic heterocycles. The molecule has 2 aromatic heterocycles. The van der Waals surface area contributed by atoms with E-state index in [0.29, 0.717) is 23.7 Å². The SMILES string of the molecule is CN1CCOc2cc(S(=O)(=O)n3ccc4c(N5CCNCC5)cccc43)cnc21.O=CO. The summed E-state index contributed by atoms with van der Waals surface area (Å²) in [7, 11) is -1.88. The van der Waals surface area contributed by atoms with Crippen LogP contribution in [0.15, 0.2) is 47.6 Å². The fourth-order valence-electron chi connectivity index (χ4n) is 3.98. The van der Waals surface area contributed by atoms with Gasteiger partial charge in [-0.15, -0.1) is 0 Å². The van der Waals surface area contributed by atoms with Crippen LogP contribution in [0.2, 0.25) is 0 Å². The first kappa shape index (κ1) is 21.9. The van der Waals surface area contributed by atoms with Crippen LogP contribution < -0.4 is 19.9 Å². The summed E-state index contributed by atoms with van der Waals surface area (Å²) in [5.41, 5.74) is 1.73. The summed E-state index contributed by atoms with van der Waals surface area (Å²) in [6.07, 6.45) is 3.03. The highest BCUT2D eigenvalue weighted by atomic mass is 32.2. The van der Waals surface area contributed by atoms with E-state index >= 15 is 0 Å². The number of hydrogen-bond acceptors (Lipinski definition) is 8. The van der Waals surface area contributed by atoms with E-state index in [2.05, 4.69) is 21.3 Å². The first-order valence-corrected chi connectivity index (χ1v) is 11.6. The van der Waals surface area contributed by atoms with Gasteiger partial charge in [-0.25, -0.2) is 17.4 Å². The predicted molar refractivity (Wildman–Crippen MR) is 121 cm³/mol. The van der Waals surface area contributed by atoms with Gasteiger partial charge < -0.3 is 25.0 Å². The van der Waals surface area contributed by atoms with Crippen LogP contribution in [0.1, 0.15) is 0 Å². The Balaban J connectivity index is 0.000000775. The Morgan fingerprint density at radius 1 is 1.19 bits per heavy atom. The van der Waals surface area contributed by atoms with Gasteiger partial charge >= 0.3 is 0 Å². The summed E-state index contributed by atoms with van der Waals surface area (Å²) in [5.74, 6) is 1.16. The van der Waals surface area contributed by atoms with E-state index in [9.17, 15) is 8.42 Å². The number of piperazine rings is 1. The Bertz CT molecular complexity index is 1220. The van der Waals surface area contributed by atoms with Crippen LogP contribution in [0.5, 0.6) is 5.75 Å². The van der Waals surface area contributed by atoms with Gasteiger partial charge in [0.1, 0.15) is 11.5 Å². The Morgan fingerprint density at radius 3 is 2.69 bits per heavy atom. The van der Waals surface area contributed by atoms with Gasteiger partial charge in [0.25, 0.3) is 16.5 Å². The van der Waals surface area contributed by atoms with Crippen LogP contribution in [0.3, 0.4) is 0 Å². The third kappa shape index (κ3) is 3.96. The highest BCUT2D eigenvalue weighted by Gasteiger charge is 2.25. The van der Waals surface area contributed by atoms with Crippen LogP contribution in [-0.4, -0.2) is 75.3 Å². The maximum atomic E-state index is 13.4. The molecule has 1 saturated heterocycles. The molecule has 0 atom stereocenters. The minimum absolute atomic E-state index is 0.122. The Kier molecular flexibility index (Phi) is 6.19. The van der Waals surface area contributed by atoms with E-state index < -0.39 is 10.0 Å². The summed E-state index contributed by atoms with van der Waals surface area (Å²) in [6, 6.07) is 9.25. The molecule has 32 heavy (non-hydrogen) atoms. The van der Waals surface area contributed by atoms with Crippen molar-refractivity contribution in [3.05, 3.63) is 42.7 Å². The maximum Gasteiger partial charge on any atom is 0.290 e. The van der Waals surface area contributed by atoms with Gasteiger partial charge in [0.05, 0.1) is 18.3 Å². The Labute approximate surface area is 186 Å². The zero-order chi connectivity index (χ0) is 22.7. The summed E-state index contributed by atoms with van der Waals surface area (Å²) in [4.78, 5) is 17.1. The first-order valence-electron chi connectivity index (χ1n) is 10.2. The average molecular weight is 460 g/mol. The summed E-state index contributed by atoms with van der Waals surface area (Å²) < 4.78 is 33.8. The lowest BCUT2D eigenvalue weighted by Gasteiger charge is -2.30. The van der Waals surface area contributed by atoms with Crippen molar-refractivity contribution in [1.82, 2.24) is 14.3 Å². The number of nitrogens with zero attached hydrogens (tertiary/aromatic N) is 4. The number of likely N-dealkylation sites (N-methyl/N-ethyl adjacent to an activating group) is 1. The number of carboxylic acid groups (broad SMARTS) is 1. The number of fused-ring (bicyclic) bond motifs is 2. The van der Waals surface area contributed by atoms with Gasteiger partial charge in [0, 0.05) is 56.6 Å². The largest absolute Gasteiger partial charge is 0.488 e. The molecule has 2 aliphatic rings. The van der Waals surface area contributed by atoms with Crippen molar-refractivity contribution < 1.29 is 23.1 Å². The van der Waals surface area contributed by atoms with Crippen molar-refractivity contribution in [2.24, 2.45) is 0 Å². The van der Waals surface area contributed by atoms with Gasteiger partial charge in [0.2, 0.25) is 0 Å². The van der Waals surface area contributed by atoms with E-state index in [-0.39, 0.29) is 11.4 Å². The second-order valence-electron chi connectivity index (χ2n) is 7.43. The molecule has 5 rings (SSSR count). The number of hydrogen-bond donors (Lipinski definition) is 2. The monoisotopic (exact) mass is 459 g/mol. The minimum Gasteiger partial charge on any atom is -0.488 e. The normalized spacial score (nSPS) is 16.0. The molecule has 3 aromatic rings. The molecular weight excluding hydrogens is 434 g/mol. The second kappa shape index (κ2) is 9.05. The summed E-state index contributed by atoms with van der Waals surface area (Å²) in [5, 5.41) is 11.2. The zero-order valence-corrected chi connectivity index (χ0v) is 18.5. The van der Waals surface area contributed by atoms with Crippen molar-refractivity contribution in [2.75, 3.05) is 56.2 Å². The summed E-state index contributed by atoms with van der Waals surface area (Å²) >= 11 is 0. The Hall–Kier alpha value is -3.31. The molecule has 1 aromatic carbocycles. The maximum absolute atomic E-state index is 13.4. The fraction of sp³-hybridized carbons (Fsp3) is 0.333. The zero-order valence-electron chi connectivity index (χ0n) is 17.6. The summed E-state index contributed by atoms with van der Waals surface area (Å²) in [6.45, 7) is 4.63. The molecule has 0 saturated carbocycles. The van der Waals surface area contributed by atoms with E-state index in [1.165, 1.54) is 10.2 Å². The van der Waals surface area contributed by atoms with E-state index in [4.69, 9.17) is 14.6 Å². The number of pyridine rings is 1. The Morgan fingerprint density at radius 2 is 1.94 bits per heavy atom. The standard InChI is InChI=1S/C20H23N5O3S.CH2O2/c1-23-11-12-28-19-13-15(14-22-20(19)23)29(26,27)25-8-5-16-17(3-2-4-18(16)25)24-9-6-21-7-10-24;2-1-3/h2-5,8,13-14,21H,6-7,9-12H2,1H3;1H,(H,2,3). The number of ether oxygens (including phenoxy) is 1. The molecular formula is C21H25N5O5S. The molecule has 0 amide bonds. The van der Waals surface area contributed by atoms with Gasteiger partial charge in [-0.2, -0.15) is 0 Å². The number of carbonyl (C=O) groups is 1. The van der Waals surface area contributed by atoms with Crippen LogP contribution in [0, 0.1) is 0 Å².